The number of hydrogen-bond acceptors (Lipinski definition) is 5. The molecular formula is C21H21F3N4O3S2. The number of thioether (sulfide) groups is 1. The van der Waals surface area contributed by atoms with Gasteiger partial charge in [-0.05, 0) is 42.7 Å². The first-order valence-corrected chi connectivity index (χ1v) is 12.1. The Morgan fingerprint density at radius 3 is 2.45 bits per heavy atom. The fourth-order valence-electron chi connectivity index (χ4n) is 3.08. The Hall–Kier alpha value is -2.83. The van der Waals surface area contributed by atoms with Crippen molar-refractivity contribution in [3.05, 3.63) is 59.8 Å². The third-order valence-electron chi connectivity index (χ3n) is 4.80. The van der Waals surface area contributed by atoms with Gasteiger partial charge in [-0.3, -0.25) is 4.79 Å². The van der Waals surface area contributed by atoms with Gasteiger partial charge in [-0.25, -0.2) is 18.5 Å². The van der Waals surface area contributed by atoms with Gasteiger partial charge >= 0.3 is 6.18 Å². The number of aromatic nitrogens is 2. The van der Waals surface area contributed by atoms with Crippen molar-refractivity contribution in [2.45, 2.75) is 36.6 Å². The van der Waals surface area contributed by atoms with Crippen molar-refractivity contribution < 1.29 is 26.4 Å². The van der Waals surface area contributed by atoms with Crippen molar-refractivity contribution in [2.75, 3.05) is 11.1 Å². The number of nitrogens with two attached hydrogens (primary N) is 1. The number of alkyl halides is 3. The fraction of sp³-hybridized carbons (Fsp3) is 0.238. The molecule has 12 heteroatoms. The number of nitrogens with one attached hydrogen (secondary N) is 1. The van der Waals surface area contributed by atoms with Crippen LogP contribution < -0.4 is 10.5 Å². The SMILES string of the molecule is Cc1cc(S(N)(=O)=O)cc(NC(=O)CSc2ncc(-c3ccccc3)n2CC(F)(F)F)c1C. The van der Waals surface area contributed by atoms with E-state index in [9.17, 15) is 26.4 Å². The normalized spacial score (nSPS) is 12.1. The number of halogens is 3. The summed E-state index contributed by atoms with van der Waals surface area (Å²) in [6.45, 7) is 2.12. The molecule has 0 saturated carbocycles. The number of carbonyl (C=O) groups excluding carboxylic acids is 1. The van der Waals surface area contributed by atoms with Gasteiger partial charge in [-0.2, -0.15) is 13.2 Å². The van der Waals surface area contributed by atoms with Gasteiger partial charge in [0, 0.05) is 5.69 Å². The molecule has 0 radical (unpaired) electrons. The summed E-state index contributed by atoms with van der Waals surface area (Å²) >= 11 is 0.847. The first kappa shape index (κ1) is 24.8. The average molecular weight is 499 g/mol. The number of hydrogen-bond donors (Lipinski definition) is 2. The van der Waals surface area contributed by atoms with Crippen molar-refractivity contribution in [1.82, 2.24) is 9.55 Å². The number of aryl methyl sites for hydroxylation is 1. The highest BCUT2D eigenvalue weighted by atomic mass is 32.2. The van der Waals surface area contributed by atoms with Crippen LogP contribution in [0.25, 0.3) is 11.3 Å². The summed E-state index contributed by atoms with van der Waals surface area (Å²) < 4.78 is 64.0. The molecule has 3 rings (SSSR count). The molecule has 0 bridgehead atoms. The molecule has 7 nitrogen and oxygen atoms in total. The number of rotatable bonds is 7. The summed E-state index contributed by atoms with van der Waals surface area (Å²) in [5, 5.41) is 7.82. The summed E-state index contributed by atoms with van der Waals surface area (Å²) in [5.74, 6) is -0.766. The molecule has 33 heavy (non-hydrogen) atoms. The Balaban J connectivity index is 1.81. The maximum Gasteiger partial charge on any atom is 0.406 e. The van der Waals surface area contributed by atoms with E-state index < -0.39 is 28.7 Å². The van der Waals surface area contributed by atoms with Gasteiger partial charge in [0.15, 0.2) is 5.16 Å². The zero-order valence-electron chi connectivity index (χ0n) is 17.7. The van der Waals surface area contributed by atoms with Crippen molar-refractivity contribution >= 4 is 33.4 Å². The summed E-state index contributed by atoms with van der Waals surface area (Å²) in [5.41, 5.74) is 2.36. The third kappa shape index (κ3) is 6.36. The Bertz CT molecular complexity index is 1270. The lowest BCUT2D eigenvalue weighted by Crippen LogP contribution is -2.20. The average Bonchev–Trinajstić information content (AvgIpc) is 3.10. The molecule has 0 atom stereocenters. The van der Waals surface area contributed by atoms with Gasteiger partial charge in [0.2, 0.25) is 15.9 Å². The molecular weight excluding hydrogens is 477 g/mol. The van der Waals surface area contributed by atoms with Crippen LogP contribution in [-0.4, -0.2) is 35.8 Å². The first-order chi connectivity index (χ1) is 15.3. The van der Waals surface area contributed by atoms with Gasteiger partial charge in [0.05, 0.1) is 22.5 Å². The lowest BCUT2D eigenvalue weighted by atomic mass is 10.1. The van der Waals surface area contributed by atoms with Crippen LogP contribution in [0.1, 0.15) is 11.1 Å². The van der Waals surface area contributed by atoms with Crippen LogP contribution in [0.5, 0.6) is 0 Å². The highest BCUT2D eigenvalue weighted by Gasteiger charge is 2.31. The molecule has 176 valence electrons. The third-order valence-corrected chi connectivity index (χ3v) is 6.69. The Labute approximate surface area is 193 Å². The number of carbonyl (C=O) groups is 1. The number of benzene rings is 2. The molecule has 0 aliphatic carbocycles. The molecule has 0 aliphatic heterocycles. The van der Waals surface area contributed by atoms with Gasteiger partial charge in [-0.1, -0.05) is 42.1 Å². The van der Waals surface area contributed by atoms with E-state index in [0.717, 1.165) is 16.3 Å². The zero-order chi connectivity index (χ0) is 24.4. The maximum absolute atomic E-state index is 13.2. The second kappa shape index (κ2) is 9.57. The lowest BCUT2D eigenvalue weighted by molar-refractivity contribution is -0.141. The second-order valence-electron chi connectivity index (χ2n) is 7.29. The van der Waals surface area contributed by atoms with Crippen LogP contribution in [0.3, 0.4) is 0 Å². The Morgan fingerprint density at radius 2 is 1.85 bits per heavy atom. The van der Waals surface area contributed by atoms with Crippen molar-refractivity contribution in [3.8, 4) is 11.3 Å². The maximum atomic E-state index is 13.2. The van der Waals surface area contributed by atoms with Crippen LogP contribution in [-0.2, 0) is 21.4 Å². The fourth-order valence-corrected chi connectivity index (χ4v) is 4.48. The highest BCUT2D eigenvalue weighted by Crippen LogP contribution is 2.30. The van der Waals surface area contributed by atoms with Crippen LogP contribution in [0.2, 0.25) is 0 Å². The lowest BCUT2D eigenvalue weighted by Gasteiger charge is -2.15. The van der Waals surface area contributed by atoms with E-state index in [1.807, 2.05) is 0 Å². The first-order valence-electron chi connectivity index (χ1n) is 9.59. The second-order valence-corrected chi connectivity index (χ2v) is 9.79. The number of primary sulfonamides is 1. The molecule has 0 spiro atoms. The standard InChI is InChI=1S/C21H21F3N4O3S2/c1-13-8-16(33(25,30)31)9-17(14(13)2)27-19(29)11-32-20-26-10-18(15-6-4-3-5-7-15)28(20)12-21(22,23)24/h3-10H,11-12H2,1-2H3,(H,27,29)(H2,25,30,31). The smallest absolute Gasteiger partial charge is 0.325 e. The van der Waals surface area contributed by atoms with Crippen LogP contribution in [0, 0.1) is 13.8 Å². The monoisotopic (exact) mass is 498 g/mol. The number of imidazole rings is 1. The number of anilines is 1. The van der Waals surface area contributed by atoms with E-state index in [-0.39, 0.29) is 27.2 Å². The zero-order valence-corrected chi connectivity index (χ0v) is 19.3. The van der Waals surface area contributed by atoms with Crippen LogP contribution in [0.4, 0.5) is 18.9 Å². The highest BCUT2D eigenvalue weighted by molar-refractivity contribution is 7.99. The number of sulfonamides is 1. The van der Waals surface area contributed by atoms with Crippen molar-refractivity contribution in [2.24, 2.45) is 5.14 Å². The Kier molecular flexibility index (Phi) is 7.20. The van der Waals surface area contributed by atoms with E-state index in [2.05, 4.69) is 10.3 Å². The number of nitrogens with zero attached hydrogens (tertiary/aromatic N) is 2. The van der Waals surface area contributed by atoms with Crippen molar-refractivity contribution in [3.63, 3.8) is 0 Å². The molecule has 1 amide bonds. The van der Waals surface area contributed by atoms with E-state index in [4.69, 9.17) is 5.14 Å². The minimum atomic E-state index is -4.48. The molecule has 2 aromatic carbocycles. The number of amides is 1. The molecule has 3 N–H and O–H groups in total. The van der Waals surface area contributed by atoms with E-state index in [1.54, 1.807) is 44.2 Å². The summed E-state index contributed by atoms with van der Waals surface area (Å²) in [6.07, 6.45) is -3.14. The van der Waals surface area contributed by atoms with Gasteiger partial charge in [-0.15, -0.1) is 0 Å². The predicted octanol–water partition coefficient (Wildman–Crippen LogP) is 4.11. The molecule has 1 aromatic heterocycles. The minimum Gasteiger partial charge on any atom is -0.325 e. The summed E-state index contributed by atoms with van der Waals surface area (Å²) in [6, 6.07) is 11.2. The molecule has 0 aliphatic rings. The van der Waals surface area contributed by atoms with E-state index in [0.29, 0.717) is 16.7 Å². The van der Waals surface area contributed by atoms with Gasteiger partial charge in [0.1, 0.15) is 6.54 Å². The molecule has 3 aromatic rings. The van der Waals surface area contributed by atoms with Gasteiger partial charge < -0.3 is 9.88 Å². The van der Waals surface area contributed by atoms with E-state index in [1.165, 1.54) is 18.3 Å². The minimum absolute atomic E-state index is 0.0347. The Morgan fingerprint density at radius 1 is 1.18 bits per heavy atom. The van der Waals surface area contributed by atoms with E-state index >= 15 is 0 Å². The quantitative estimate of drug-likeness (QED) is 0.477. The van der Waals surface area contributed by atoms with Crippen LogP contribution in [0.15, 0.2) is 58.7 Å². The van der Waals surface area contributed by atoms with Crippen LogP contribution >= 0.6 is 11.8 Å². The van der Waals surface area contributed by atoms with Crippen molar-refractivity contribution in [1.29, 1.82) is 0 Å². The molecule has 0 fully saturated rings. The molecule has 0 saturated heterocycles. The largest absolute Gasteiger partial charge is 0.406 e. The molecule has 0 unspecified atom stereocenters. The summed E-state index contributed by atoms with van der Waals surface area (Å²) in [7, 11) is -3.98. The summed E-state index contributed by atoms with van der Waals surface area (Å²) in [4.78, 5) is 16.4. The molecule has 1 heterocycles. The predicted molar refractivity (Wildman–Crippen MR) is 120 cm³/mol. The topological polar surface area (TPSA) is 107 Å². The van der Waals surface area contributed by atoms with Gasteiger partial charge in [0.25, 0.3) is 0 Å².